The van der Waals surface area contributed by atoms with E-state index in [0.717, 1.165) is 6.04 Å². The summed E-state index contributed by atoms with van der Waals surface area (Å²) >= 11 is 1.62. The summed E-state index contributed by atoms with van der Waals surface area (Å²) in [6.07, 6.45) is 6.98. The van der Waals surface area contributed by atoms with E-state index in [1.54, 1.807) is 20.9 Å². The van der Waals surface area contributed by atoms with Crippen molar-refractivity contribution < 1.29 is 20.9 Å². The Hall–Kier alpha value is 0.540. The summed E-state index contributed by atoms with van der Waals surface area (Å²) in [6, 6.07) is 0.734. The Morgan fingerprint density at radius 3 is 2.12 bits per heavy atom. The molecular formula is C6H11NNb. The first-order valence-corrected chi connectivity index (χ1v) is 4.26. The van der Waals surface area contributed by atoms with Gasteiger partial charge in [-0.1, -0.05) is 0 Å². The number of nitrogens with zero attached hydrogens (tertiary/aromatic N) is 1. The fourth-order valence-corrected chi connectivity index (χ4v) is 1.76. The van der Waals surface area contributed by atoms with Crippen LogP contribution in [0.4, 0.5) is 0 Å². The Bertz CT molecular complexity index is 76.6. The van der Waals surface area contributed by atoms with Crippen LogP contribution in [0.5, 0.6) is 0 Å². The number of rotatable bonds is 1. The first-order chi connectivity index (χ1) is 3.93. The molecule has 1 saturated carbocycles. The van der Waals surface area contributed by atoms with Gasteiger partial charge >= 0.3 is 62.4 Å². The van der Waals surface area contributed by atoms with Gasteiger partial charge in [0.2, 0.25) is 0 Å². The summed E-state index contributed by atoms with van der Waals surface area (Å²) in [5.41, 5.74) is 0. The molecule has 1 nitrogen and oxygen atoms in total. The third kappa shape index (κ3) is 1.81. The van der Waals surface area contributed by atoms with Gasteiger partial charge in [0, 0.05) is 0 Å². The third-order valence-electron chi connectivity index (χ3n) is 1.74. The Morgan fingerprint density at radius 1 is 1.12 bits per heavy atom. The van der Waals surface area contributed by atoms with Gasteiger partial charge in [-0.15, -0.1) is 0 Å². The normalized spacial score (nSPS) is 22.9. The summed E-state index contributed by atoms with van der Waals surface area (Å²) in [7, 11) is 0. The van der Waals surface area contributed by atoms with Gasteiger partial charge in [-0.2, -0.15) is 0 Å². The molecule has 0 amide bonds. The monoisotopic (exact) mass is 190 g/mol. The van der Waals surface area contributed by atoms with Gasteiger partial charge < -0.3 is 0 Å². The summed E-state index contributed by atoms with van der Waals surface area (Å²) in [5.74, 6) is 0. The van der Waals surface area contributed by atoms with Crippen molar-refractivity contribution in [3.8, 4) is 0 Å². The van der Waals surface area contributed by atoms with E-state index in [4.69, 9.17) is 0 Å². The van der Waals surface area contributed by atoms with E-state index in [2.05, 4.69) is 3.34 Å². The van der Waals surface area contributed by atoms with Crippen LogP contribution in [0.2, 0.25) is 0 Å². The van der Waals surface area contributed by atoms with Gasteiger partial charge in [0.1, 0.15) is 0 Å². The molecule has 0 atom stereocenters. The van der Waals surface area contributed by atoms with E-state index in [9.17, 15) is 0 Å². The molecule has 0 aliphatic heterocycles. The molecule has 1 aliphatic rings. The van der Waals surface area contributed by atoms with Crippen LogP contribution in [0.3, 0.4) is 0 Å². The van der Waals surface area contributed by atoms with Gasteiger partial charge in [-0.25, -0.2) is 0 Å². The van der Waals surface area contributed by atoms with Crippen LogP contribution in [-0.2, 0) is 20.9 Å². The molecule has 0 saturated heterocycles. The second-order valence-electron chi connectivity index (χ2n) is 2.41. The number of hydrogen-bond acceptors (Lipinski definition) is 1. The molecule has 45 valence electrons. The van der Waals surface area contributed by atoms with Crippen LogP contribution >= 0.6 is 0 Å². The van der Waals surface area contributed by atoms with Crippen molar-refractivity contribution in [2.24, 2.45) is 3.34 Å². The minimum atomic E-state index is 0.734. The molecule has 0 radical (unpaired) electrons. The van der Waals surface area contributed by atoms with Crippen molar-refractivity contribution in [3.63, 3.8) is 0 Å². The third-order valence-corrected chi connectivity index (χ3v) is 2.54. The van der Waals surface area contributed by atoms with E-state index in [1.165, 1.54) is 32.1 Å². The van der Waals surface area contributed by atoms with Gasteiger partial charge in [0.25, 0.3) is 0 Å². The van der Waals surface area contributed by atoms with E-state index in [1.807, 2.05) is 0 Å². The fraction of sp³-hybridized carbons (Fsp3) is 1.00. The molecule has 8 heavy (non-hydrogen) atoms. The van der Waals surface area contributed by atoms with Crippen molar-refractivity contribution >= 4 is 0 Å². The molecule has 0 heterocycles. The van der Waals surface area contributed by atoms with Crippen LogP contribution in [0.1, 0.15) is 32.1 Å². The van der Waals surface area contributed by atoms with E-state index in [0.29, 0.717) is 0 Å². The van der Waals surface area contributed by atoms with Crippen LogP contribution in [-0.4, -0.2) is 6.04 Å². The van der Waals surface area contributed by atoms with Gasteiger partial charge in [-0.3, -0.25) is 0 Å². The maximum absolute atomic E-state index is 4.30. The van der Waals surface area contributed by atoms with Crippen molar-refractivity contribution in [1.29, 1.82) is 0 Å². The van der Waals surface area contributed by atoms with E-state index in [-0.39, 0.29) is 0 Å². The predicted octanol–water partition coefficient (Wildman–Crippen LogP) is 2.05. The van der Waals surface area contributed by atoms with Crippen molar-refractivity contribution in [2.45, 2.75) is 38.1 Å². The molecule has 1 aliphatic carbocycles. The van der Waals surface area contributed by atoms with Crippen LogP contribution in [0.15, 0.2) is 3.34 Å². The van der Waals surface area contributed by atoms with Gasteiger partial charge in [0.15, 0.2) is 0 Å². The molecule has 0 N–H and O–H groups in total. The molecule has 1 rings (SSSR count). The minimum absolute atomic E-state index is 0.734. The van der Waals surface area contributed by atoms with Crippen molar-refractivity contribution in [1.82, 2.24) is 0 Å². The molecule has 0 aromatic rings. The van der Waals surface area contributed by atoms with Gasteiger partial charge in [0.05, 0.1) is 0 Å². The Morgan fingerprint density at radius 2 is 1.75 bits per heavy atom. The molecule has 2 heteroatoms. The first-order valence-electron chi connectivity index (χ1n) is 3.27. The Balaban J connectivity index is 2.22. The quantitative estimate of drug-likeness (QED) is 0.561. The van der Waals surface area contributed by atoms with Crippen LogP contribution in [0.25, 0.3) is 0 Å². The molecule has 0 unspecified atom stereocenters. The van der Waals surface area contributed by atoms with Gasteiger partial charge in [-0.05, 0) is 0 Å². The van der Waals surface area contributed by atoms with Crippen molar-refractivity contribution in [2.75, 3.05) is 0 Å². The zero-order valence-electron chi connectivity index (χ0n) is 5.01. The average molecular weight is 190 g/mol. The Labute approximate surface area is 62.6 Å². The standard InChI is InChI=1S/C6H11N.Nb/c7-6-4-2-1-3-5-6;/h6H,1-5H2;. The first kappa shape index (κ1) is 6.66. The summed E-state index contributed by atoms with van der Waals surface area (Å²) in [4.78, 5) is 0. The maximum atomic E-state index is 4.30. The molecule has 0 aromatic carbocycles. The van der Waals surface area contributed by atoms with E-state index < -0.39 is 0 Å². The summed E-state index contributed by atoms with van der Waals surface area (Å²) in [5, 5.41) is 0. The number of hydrogen-bond donors (Lipinski definition) is 0. The zero-order valence-corrected chi connectivity index (χ0v) is 7.21. The second-order valence-corrected chi connectivity index (χ2v) is 2.97. The molecule has 0 bridgehead atoms. The molecule has 0 aromatic heterocycles. The second kappa shape index (κ2) is 3.54. The Kier molecular flexibility index (Phi) is 2.95. The zero-order chi connectivity index (χ0) is 5.82. The predicted molar refractivity (Wildman–Crippen MR) is 29.3 cm³/mol. The average Bonchev–Trinajstić information content (AvgIpc) is 1.90. The topological polar surface area (TPSA) is 12.4 Å². The van der Waals surface area contributed by atoms with Crippen LogP contribution < -0.4 is 0 Å². The molecular weight excluding hydrogens is 179 g/mol. The van der Waals surface area contributed by atoms with Crippen LogP contribution in [0, 0.1) is 0 Å². The fourth-order valence-electron chi connectivity index (χ4n) is 1.20. The van der Waals surface area contributed by atoms with E-state index >= 15 is 0 Å². The molecule has 1 fully saturated rings. The SMILES string of the molecule is [Nb]=[N]C1CCCCC1. The molecule has 0 spiro atoms. The summed E-state index contributed by atoms with van der Waals surface area (Å²) < 4.78 is 4.30. The van der Waals surface area contributed by atoms with Crippen molar-refractivity contribution in [3.05, 3.63) is 0 Å². The summed E-state index contributed by atoms with van der Waals surface area (Å²) in [6.45, 7) is 0.